The van der Waals surface area contributed by atoms with E-state index < -0.39 is 21.7 Å². The number of hydrogen-bond donors (Lipinski definition) is 1. The van der Waals surface area contributed by atoms with E-state index in [2.05, 4.69) is 14.8 Å². The predicted octanol–water partition coefficient (Wildman–Crippen LogP) is 4.21. The maximum atomic E-state index is 14.5. The lowest BCUT2D eigenvalue weighted by Gasteiger charge is -2.20. The van der Waals surface area contributed by atoms with Crippen LogP contribution in [0.4, 0.5) is 4.39 Å². The zero-order valence-corrected chi connectivity index (χ0v) is 22.0. The molecule has 1 atom stereocenters. The van der Waals surface area contributed by atoms with Crippen molar-refractivity contribution in [1.82, 2.24) is 24.4 Å². The predicted molar refractivity (Wildman–Crippen MR) is 135 cm³/mol. The number of rotatable bonds is 9. The first-order valence-corrected chi connectivity index (χ1v) is 13.5. The van der Waals surface area contributed by atoms with E-state index in [1.165, 1.54) is 18.2 Å². The summed E-state index contributed by atoms with van der Waals surface area (Å²) in [7, 11) is -0.369. The van der Waals surface area contributed by atoms with Crippen molar-refractivity contribution in [2.45, 2.75) is 63.1 Å². The Labute approximate surface area is 211 Å². The lowest BCUT2D eigenvalue weighted by molar-refractivity contribution is -0.118. The van der Waals surface area contributed by atoms with Gasteiger partial charge in [0.15, 0.2) is 5.03 Å². The Morgan fingerprint density at radius 1 is 1.22 bits per heavy atom. The molecular weight excluding hydrogens is 481 g/mol. The van der Waals surface area contributed by atoms with Gasteiger partial charge in [-0.05, 0) is 74.7 Å². The molecule has 0 radical (unpaired) electrons. The van der Waals surface area contributed by atoms with Gasteiger partial charge in [-0.25, -0.2) is 9.11 Å². The maximum absolute atomic E-state index is 14.5. The molecule has 0 aliphatic heterocycles. The molecule has 0 bridgehead atoms. The molecule has 2 heterocycles. The number of carbonyl (C=O) groups is 1. The van der Waals surface area contributed by atoms with Crippen LogP contribution in [0.5, 0.6) is 0 Å². The van der Waals surface area contributed by atoms with E-state index in [9.17, 15) is 17.6 Å². The SMILES string of the molecule is CC(C)c1cc(F)cc(-c2cccnc2)c1CC(=O)NS(=O)(=O)c1cc(C(C)N(C)C)n(C2CC2)n1. The van der Waals surface area contributed by atoms with Crippen molar-refractivity contribution in [1.29, 1.82) is 0 Å². The number of halogens is 1. The molecule has 2 aromatic heterocycles. The van der Waals surface area contributed by atoms with Gasteiger partial charge in [0.1, 0.15) is 5.82 Å². The lowest BCUT2D eigenvalue weighted by atomic mass is 9.88. The standard InChI is InChI=1S/C26H32FN5O3S/c1-16(2)21-11-19(27)12-22(18-7-6-10-28-15-18)23(21)13-25(33)30-36(34,35)26-14-24(17(3)31(4)5)32(29-26)20-8-9-20/h6-7,10-12,14-17,20H,8-9,13H2,1-5H3,(H,30,33). The van der Waals surface area contributed by atoms with Gasteiger partial charge in [0.2, 0.25) is 5.91 Å². The summed E-state index contributed by atoms with van der Waals surface area (Å²) in [6.45, 7) is 5.78. The third-order valence-corrected chi connectivity index (χ3v) is 7.79. The van der Waals surface area contributed by atoms with Crippen LogP contribution in [-0.2, 0) is 21.2 Å². The minimum Gasteiger partial charge on any atom is -0.301 e. The molecule has 1 aliphatic rings. The molecule has 1 fully saturated rings. The molecule has 1 saturated carbocycles. The van der Waals surface area contributed by atoms with Crippen LogP contribution >= 0.6 is 0 Å². The largest absolute Gasteiger partial charge is 0.301 e. The first-order valence-electron chi connectivity index (χ1n) is 12.0. The number of sulfonamides is 1. The fourth-order valence-corrected chi connectivity index (χ4v) is 5.20. The van der Waals surface area contributed by atoms with Gasteiger partial charge in [0.05, 0.1) is 18.2 Å². The molecule has 36 heavy (non-hydrogen) atoms. The van der Waals surface area contributed by atoms with E-state index in [0.717, 1.165) is 18.5 Å². The summed E-state index contributed by atoms with van der Waals surface area (Å²) < 4.78 is 44.8. The van der Waals surface area contributed by atoms with Crippen LogP contribution < -0.4 is 4.72 Å². The van der Waals surface area contributed by atoms with Gasteiger partial charge in [-0.2, -0.15) is 13.5 Å². The molecule has 0 saturated heterocycles. The highest BCUT2D eigenvalue weighted by Crippen LogP contribution is 2.38. The first-order chi connectivity index (χ1) is 17.0. The topological polar surface area (TPSA) is 97.2 Å². The fourth-order valence-electron chi connectivity index (χ4n) is 4.25. The number of pyridine rings is 1. The number of carbonyl (C=O) groups excluding carboxylic acids is 1. The number of hydrogen-bond acceptors (Lipinski definition) is 6. The Kier molecular flexibility index (Phi) is 7.28. The van der Waals surface area contributed by atoms with Crippen LogP contribution in [0, 0.1) is 5.82 Å². The fraction of sp³-hybridized carbons (Fsp3) is 0.423. The first kappa shape index (κ1) is 26.0. The number of aromatic nitrogens is 3. The van der Waals surface area contributed by atoms with Gasteiger partial charge in [0.25, 0.3) is 10.0 Å². The van der Waals surface area contributed by atoms with Crippen LogP contribution in [0.2, 0.25) is 0 Å². The summed E-state index contributed by atoms with van der Waals surface area (Å²) in [5.74, 6) is -1.22. The minimum absolute atomic E-state index is 0.0485. The Bertz CT molecular complexity index is 1370. The summed E-state index contributed by atoms with van der Waals surface area (Å²) >= 11 is 0. The van der Waals surface area contributed by atoms with E-state index in [-0.39, 0.29) is 29.4 Å². The van der Waals surface area contributed by atoms with E-state index >= 15 is 0 Å². The number of nitrogens with one attached hydrogen (secondary N) is 1. The van der Waals surface area contributed by atoms with Gasteiger partial charge in [-0.3, -0.25) is 14.5 Å². The van der Waals surface area contributed by atoms with Gasteiger partial charge < -0.3 is 4.90 Å². The van der Waals surface area contributed by atoms with Crippen molar-refractivity contribution in [3.63, 3.8) is 0 Å². The molecule has 1 aromatic carbocycles. The molecule has 1 aliphatic carbocycles. The van der Waals surface area contributed by atoms with Crippen LogP contribution in [0.3, 0.4) is 0 Å². The summed E-state index contributed by atoms with van der Waals surface area (Å²) in [5.41, 5.74) is 3.16. The second-order valence-electron chi connectivity index (χ2n) is 9.85. The Hall–Kier alpha value is -3.11. The molecule has 0 spiro atoms. The monoisotopic (exact) mass is 513 g/mol. The maximum Gasteiger partial charge on any atom is 0.283 e. The third-order valence-electron chi connectivity index (χ3n) is 6.54. The molecule has 4 rings (SSSR count). The smallest absolute Gasteiger partial charge is 0.283 e. The lowest BCUT2D eigenvalue weighted by Crippen LogP contribution is -2.32. The van der Waals surface area contributed by atoms with Gasteiger partial charge in [0, 0.05) is 30.1 Å². The molecule has 1 amide bonds. The van der Waals surface area contributed by atoms with Gasteiger partial charge in [-0.1, -0.05) is 19.9 Å². The highest BCUT2D eigenvalue weighted by molar-refractivity contribution is 7.90. The van der Waals surface area contributed by atoms with Gasteiger partial charge in [-0.15, -0.1) is 0 Å². The normalized spacial score (nSPS) is 14.9. The Morgan fingerprint density at radius 3 is 2.53 bits per heavy atom. The molecule has 1 N–H and O–H groups in total. The van der Waals surface area contributed by atoms with Crippen molar-refractivity contribution in [2.24, 2.45) is 0 Å². The molecule has 3 aromatic rings. The highest BCUT2D eigenvalue weighted by Gasteiger charge is 2.32. The zero-order chi connectivity index (χ0) is 26.2. The average Bonchev–Trinajstić information content (AvgIpc) is 3.56. The van der Waals surface area contributed by atoms with E-state index in [1.54, 1.807) is 29.2 Å². The van der Waals surface area contributed by atoms with E-state index in [0.29, 0.717) is 22.3 Å². The summed E-state index contributed by atoms with van der Waals surface area (Å²) in [6, 6.07) is 7.93. The van der Waals surface area contributed by atoms with E-state index in [1.807, 2.05) is 39.8 Å². The van der Waals surface area contributed by atoms with Crippen LogP contribution in [0.25, 0.3) is 11.1 Å². The zero-order valence-electron chi connectivity index (χ0n) is 21.2. The molecular formula is C26H32FN5O3S. The number of nitrogens with zero attached hydrogens (tertiary/aromatic N) is 4. The van der Waals surface area contributed by atoms with Crippen LogP contribution in [0.1, 0.15) is 68.4 Å². The Balaban J connectivity index is 1.65. The second-order valence-corrected chi connectivity index (χ2v) is 11.5. The van der Waals surface area contributed by atoms with Crippen molar-refractivity contribution in [3.8, 4) is 11.1 Å². The minimum atomic E-state index is -4.20. The van der Waals surface area contributed by atoms with E-state index in [4.69, 9.17) is 0 Å². The molecule has 192 valence electrons. The highest BCUT2D eigenvalue weighted by atomic mass is 32.2. The molecule has 1 unspecified atom stereocenters. The van der Waals surface area contributed by atoms with Crippen molar-refractivity contribution < 1.29 is 17.6 Å². The molecule has 10 heteroatoms. The third kappa shape index (κ3) is 5.49. The van der Waals surface area contributed by atoms with Gasteiger partial charge >= 0.3 is 0 Å². The van der Waals surface area contributed by atoms with Crippen molar-refractivity contribution >= 4 is 15.9 Å². The van der Waals surface area contributed by atoms with Crippen LogP contribution in [-0.4, -0.2) is 48.1 Å². The second kappa shape index (κ2) is 10.1. The molecule has 8 nitrogen and oxygen atoms in total. The summed E-state index contributed by atoms with van der Waals surface area (Å²) in [6.07, 6.45) is 4.86. The quantitative estimate of drug-likeness (QED) is 0.460. The van der Waals surface area contributed by atoms with Crippen molar-refractivity contribution in [2.75, 3.05) is 14.1 Å². The Morgan fingerprint density at radius 2 is 1.94 bits per heavy atom. The average molecular weight is 514 g/mol. The van der Waals surface area contributed by atoms with Crippen LogP contribution in [0.15, 0.2) is 47.8 Å². The summed E-state index contributed by atoms with van der Waals surface area (Å²) in [5, 5.41) is 4.18. The summed E-state index contributed by atoms with van der Waals surface area (Å²) in [4.78, 5) is 19.2. The number of benzene rings is 1. The number of amides is 1. The van der Waals surface area contributed by atoms with Crippen molar-refractivity contribution in [3.05, 3.63) is 65.4 Å².